The summed E-state index contributed by atoms with van der Waals surface area (Å²) in [6, 6.07) is 16.8. The minimum atomic E-state index is -0.233. The van der Waals surface area contributed by atoms with E-state index in [1.165, 1.54) is 11.3 Å². The van der Waals surface area contributed by atoms with Gasteiger partial charge in [-0.15, -0.1) is 10.2 Å². The van der Waals surface area contributed by atoms with E-state index in [0.29, 0.717) is 35.1 Å². The molecule has 6 nitrogen and oxygen atoms in total. The predicted octanol–water partition coefficient (Wildman–Crippen LogP) is 4.30. The number of aromatic nitrogens is 2. The van der Waals surface area contributed by atoms with Gasteiger partial charge in [-0.05, 0) is 23.6 Å². The zero-order valence-electron chi connectivity index (χ0n) is 15.9. The van der Waals surface area contributed by atoms with Crippen LogP contribution in [0.5, 0.6) is 0 Å². The molecule has 150 valence electrons. The standard InChI is InChI=1S/C21H21ClN4O2S/c1-14(15-7-3-2-4-8-15)13-18(27)24-21-26-25-19(29-21)11-12-23-20(28)16-9-5-6-10-17(16)22/h2-10,14H,11-13H2,1H3,(H,23,28)(H,24,26,27). The summed E-state index contributed by atoms with van der Waals surface area (Å²) >= 11 is 7.32. The topological polar surface area (TPSA) is 84.0 Å². The maximum atomic E-state index is 12.3. The van der Waals surface area contributed by atoms with Crippen LogP contribution in [0.4, 0.5) is 5.13 Å². The molecular formula is C21H21ClN4O2S. The van der Waals surface area contributed by atoms with E-state index < -0.39 is 0 Å². The van der Waals surface area contributed by atoms with Gasteiger partial charge in [0.25, 0.3) is 5.91 Å². The van der Waals surface area contributed by atoms with Crippen LogP contribution in [0.3, 0.4) is 0 Å². The van der Waals surface area contributed by atoms with Gasteiger partial charge >= 0.3 is 0 Å². The van der Waals surface area contributed by atoms with E-state index in [1.807, 2.05) is 37.3 Å². The van der Waals surface area contributed by atoms with Crippen molar-refractivity contribution in [3.63, 3.8) is 0 Å². The number of hydrogen-bond acceptors (Lipinski definition) is 5. The summed E-state index contributed by atoms with van der Waals surface area (Å²) in [7, 11) is 0. The smallest absolute Gasteiger partial charge is 0.252 e. The zero-order valence-corrected chi connectivity index (χ0v) is 17.5. The molecule has 3 rings (SSSR count). The Bertz CT molecular complexity index is 978. The summed E-state index contributed by atoms with van der Waals surface area (Å²) < 4.78 is 0. The van der Waals surface area contributed by atoms with Gasteiger partial charge in [-0.25, -0.2) is 0 Å². The molecule has 0 aliphatic heterocycles. The Hall–Kier alpha value is -2.77. The molecule has 0 bridgehead atoms. The van der Waals surface area contributed by atoms with Crippen molar-refractivity contribution in [2.75, 3.05) is 11.9 Å². The molecule has 3 aromatic rings. The number of nitrogens with one attached hydrogen (secondary N) is 2. The fourth-order valence-electron chi connectivity index (χ4n) is 2.78. The van der Waals surface area contributed by atoms with Crippen molar-refractivity contribution in [2.45, 2.75) is 25.7 Å². The molecule has 1 heterocycles. The molecule has 2 N–H and O–H groups in total. The number of carbonyl (C=O) groups is 2. The van der Waals surface area contributed by atoms with Gasteiger partial charge in [0.2, 0.25) is 11.0 Å². The summed E-state index contributed by atoms with van der Waals surface area (Å²) in [4.78, 5) is 24.4. The predicted molar refractivity (Wildman–Crippen MR) is 116 cm³/mol. The van der Waals surface area contributed by atoms with Gasteiger partial charge in [0.05, 0.1) is 10.6 Å². The molecule has 2 amide bonds. The van der Waals surface area contributed by atoms with Crippen LogP contribution in [0, 0.1) is 0 Å². The highest BCUT2D eigenvalue weighted by Gasteiger charge is 2.14. The summed E-state index contributed by atoms with van der Waals surface area (Å²) in [6.45, 7) is 2.42. The lowest BCUT2D eigenvalue weighted by molar-refractivity contribution is -0.116. The van der Waals surface area contributed by atoms with E-state index in [4.69, 9.17) is 11.6 Å². The number of carbonyl (C=O) groups excluding carboxylic acids is 2. The second kappa shape index (κ2) is 10.1. The van der Waals surface area contributed by atoms with Crippen molar-refractivity contribution < 1.29 is 9.59 Å². The van der Waals surface area contributed by atoms with Crippen LogP contribution in [-0.2, 0) is 11.2 Å². The average molecular weight is 429 g/mol. The Kier molecular flexibility index (Phi) is 7.32. The molecule has 29 heavy (non-hydrogen) atoms. The van der Waals surface area contributed by atoms with Crippen LogP contribution < -0.4 is 10.6 Å². The molecule has 8 heteroatoms. The molecule has 1 atom stereocenters. The molecule has 0 saturated heterocycles. The largest absolute Gasteiger partial charge is 0.352 e. The maximum Gasteiger partial charge on any atom is 0.252 e. The molecular weight excluding hydrogens is 408 g/mol. The Balaban J connectivity index is 1.45. The summed E-state index contributed by atoms with van der Waals surface area (Å²) in [5, 5.41) is 15.3. The van der Waals surface area contributed by atoms with Crippen molar-refractivity contribution in [1.29, 1.82) is 0 Å². The number of anilines is 1. The monoisotopic (exact) mass is 428 g/mol. The van der Waals surface area contributed by atoms with Gasteiger partial charge < -0.3 is 10.6 Å². The van der Waals surface area contributed by atoms with Gasteiger partial charge in [-0.3, -0.25) is 9.59 Å². The van der Waals surface area contributed by atoms with E-state index in [2.05, 4.69) is 20.8 Å². The van der Waals surface area contributed by atoms with Crippen molar-refractivity contribution >= 4 is 39.9 Å². The summed E-state index contributed by atoms with van der Waals surface area (Å²) in [5.41, 5.74) is 1.56. The molecule has 1 unspecified atom stereocenters. The zero-order chi connectivity index (χ0) is 20.6. The third-order valence-electron chi connectivity index (χ3n) is 4.32. The normalized spacial score (nSPS) is 11.7. The van der Waals surface area contributed by atoms with Crippen LogP contribution in [0.1, 0.15) is 40.2 Å². The van der Waals surface area contributed by atoms with Crippen LogP contribution in [-0.4, -0.2) is 28.6 Å². The Morgan fingerprint density at radius 1 is 1.07 bits per heavy atom. The molecule has 0 radical (unpaired) electrons. The summed E-state index contributed by atoms with van der Waals surface area (Å²) in [5.74, 6) is -0.219. The number of amides is 2. The second-order valence-corrected chi connectivity index (χ2v) is 8.02. The molecule has 0 aliphatic rings. The van der Waals surface area contributed by atoms with Gasteiger partial charge in [0.15, 0.2) is 0 Å². The van der Waals surface area contributed by atoms with Crippen molar-refractivity contribution in [3.05, 3.63) is 75.8 Å². The minimum absolute atomic E-state index is 0.101. The van der Waals surface area contributed by atoms with Gasteiger partial charge in [0.1, 0.15) is 5.01 Å². The lowest BCUT2D eigenvalue weighted by Gasteiger charge is -2.10. The van der Waals surface area contributed by atoms with Crippen LogP contribution in [0.15, 0.2) is 54.6 Å². The van der Waals surface area contributed by atoms with E-state index in [0.717, 1.165) is 10.6 Å². The number of halogens is 1. The van der Waals surface area contributed by atoms with E-state index in [1.54, 1.807) is 24.3 Å². The first kappa shape index (κ1) is 21.0. The first-order chi connectivity index (χ1) is 14.0. The lowest BCUT2D eigenvalue weighted by atomic mass is 9.98. The molecule has 1 aromatic heterocycles. The van der Waals surface area contributed by atoms with E-state index in [9.17, 15) is 9.59 Å². The number of hydrogen-bond donors (Lipinski definition) is 2. The number of nitrogens with zero attached hydrogens (tertiary/aromatic N) is 2. The fourth-order valence-corrected chi connectivity index (χ4v) is 3.75. The Morgan fingerprint density at radius 3 is 2.55 bits per heavy atom. The Labute approximate surface area is 178 Å². The lowest BCUT2D eigenvalue weighted by Crippen LogP contribution is -2.25. The highest BCUT2D eigenvalue weighted by molar-refractivity contribution is 7.15. The van der Waals surface area contributed by atoms with Gasteiger partial charge in [-0.2, -0.15) is 0 Å². The molecule has 0 fully saturated rings. The van der Waals surface area contributed by atoms with E-state index >= 15 is 0 Å². The van der Waals surface area contributed by atoms with Crippen molar-refractivity contribution in [1.82, 2.24) is 15.5 Å². The number of rotatable bonds is 8. The highest BCUT2D eigenvalue weighted by Crippen LogP contribution is 2.21. The third kappa shape index (κ3) is 6.10. The first-order valence-corrected chi connectivity index (χ1v) is 10.4. The number of benzene rings is 2. The quantitative estimate of drug-likeness (QED) is 0.560. The average Bonchev–Trinajstić information content (AvgIpc) is 3.15. The Morgan fingerprint density at radius 2 is 1.79 bits per heavy atom. The van der Waals surface area contributed by atoms with Gasteiger partial charge in [0, 0.05) is 19.4 Å². The van der Waals surface area contributed by atoms with Crippen LogP contribution in [0.2, 0.25) is 5.02 Å². The van der Waals surface area contributed by atoms with Crippen LogP contribution >= 0.6 is 22.9 Å². The van der Waals surface area contributed by atoms with Crippen molar-refractivity contribution in [3.8, 4) is 0 Å². The summed E-state index contributed by atoms with van der Waals surface area (Å²) in [6.07, 6.45) is 0.886. The van der Waals surface area contributed by atoms with E-state index in [-0.39, 0.29) is 17.7 Å². The minimum Gasteiger partial charge on any atom is -0.352 e. The molecule has 2 aromatic carbocycles. The van der Waals surface area contributed by atoms with Gasteiger partial charge in [-0.1, -0.05) is 72.3 Å². The van der Waals surface area contributed by atoms with Crippen LogP contribution in [0.25, 0.3) is 0 Å². The fraction of sp³-hybridized carbons (Fsp3) is 0.238. The molecule has 0 aliphatic carbocycles. The highest BCUT2D eigenvalue weighted by atomic mass is 35.5. The molecule has 0 spiro atoms. The third-order valence-corrected chi connectivity index (χ3v) is 5.54. The SMILES string of the molecule is CC(CC(=O)Nc1nnc(CCNC(=O)c2ccccc2Cl)s1)c1ccccc1. The molecule has 0 saturated carbocycles. The second-order valence-electron chi connectivity index (χ2n) is 6.55. The van der Waals surface area contributed by atoms with Crippen molar-refractivity contribution in [2.24, 2.45) is 0 Å². The first-order valence-electron chi connectivity index (χ1n) is 9.23. The maximum absolute atomic E-state index is 12.3.